The van der Waals surface area contributed by atoms with Crippen molar-refractivity contribution in [3.05, 3.63) is 105 Å². The van der Waals surface area contributed by atoms with Gasteiger partial charge in [0.1, 0.15) is 5.82 Å². The molecule has 218 valence electrons. The van der Waals surface area contributed by atoms with Gasteiger partial charge in [-0.05, 0) is 71.7 Å². The third-order valence-corrected chi connectivity index (χ3v) is 9.94. The van der Waals surface area contributed by atoms with Crippen LogP contribution in [0.4, 0.5) is 0 Å². The summed E-state index contributed by atoms with van der Waals surface area (Å²) in [6.07, 6.45) is 3.59. The number of nitriles is 1. The Balaban J connectivity index is 1.47. The molecule has 1 aliphatic heterocycles. The van der Waals surface area contributed by atoms with Crippen LogP contribution in [0.15, 0.2) is 81.3 Å². The Morgan fingerprint density at radius 3 is 2.53 bits per heavy atom. The number of nitrogens with one attached hydrogen (secondary N) is 1. The van der Waals surface area contributed by atoms with Crippen LogP contribution in [-0.4, -0.2) is 29.0 Å². The third-order valence-electron chi connectivity index (χ3n) is 8.15. The zero-order valence-corrected chi connectivity index (χ0v) is 24.4. The van der Waals surface area contributed by atoms with Gasteiger partial charge in [-0.2, -0.15) is 10.2 Å². The van der Waals surface area contributed by atoms with Gasteiger partial charge in [-0.25, -0.2) is 8.42 Å². The van der Waals surface area contributed by atoms with Crippen LogP contribution >= 0.6 is 0 Å². The van der Waals surface area contributed by atoms with Gasteiger partial charge in [0.05, 0.1) is 28.1 Å². The molecule has 1 aromatic heterocycles. The Bertz CT molecular complexity index is 1950. The molecule has 1 aliphatic carbocycles. The highest BCUT2D eigenvalue weighted by Crippen LogP contribution is 2.46. The van der Waals surface area contributed by atoms with Crippen molar-refractivity contribution in [3.8, 4) is 23.1 Å². The first-order chi connectivity index (χ1) is 20.7. The van der Waals surface area contributed by atoms with E-state index in [4.69, 9.17) is 0 Å². The second-order valence-electron chi connectivity index (χ2n) is 11.0. The van der Waals surface area contributed by atoms with E-state index in [1.807, 2.05) is 25.1 Å². The molecule has 2 heterocycles. The molecule has 0 bridgehead atoms. The number of fused-ring (bicyclic) bond motifs is 1. The maximum atomic E-state index is 14.0. The van der Waals surface area contributed by atoms with Crippen molar-refractivity contribution in [1.29, 1.82) is 5.26 Å². The van der Waals surface area contributed by atoms with Gasteiger partial charge in [0.2, 0.25) is 15.7 Å². The molecular formula is C33H30N4O5S. The average Bonchev–Trinajstić information content (AvgIpc) is 3.78. The minimum Gasteiger partial charge on any atom is -0.493 e. The molecule has 4 aromatic rings. The molecule has 2 aliphatic rings. The van der Waals surface area contributed by atoms with Gasteiger partial charge in [-0.3, -0.25) is 14.2 Å². The molecule has 6 rings (SSSR count). The molecule has 0 unspecified atom stereocenters. The Morgan fingerprint density at radius 1 is 1.09 bits per heavy atom. The Labute approximate surface area is 249 Å². The minimum absolute atomic E-state index is 0.0872. The van der Waals surface area contributed by atoms with Gasteiger partial charge >= 0.3 is 0 Å². The third kappa shape index (κ3) is 5.10. The molecule has 1 amide bonds. The molecule has 10 heteroatoms. The number of hydrogen-bond donors (Lipinski definition) is 2. The zero-order valence-electron chi connectivity index (χ0n) is 23.6. The monoisotopic (exact) mass is 594 g/mol. The summed E-state index contributed by atoms with van der Waals surface area (Å²) < 4.78 is 29.4. The predicted molar refractivity (Wildman–Crippen MR) is 159 cm³/mol. The lowest BCUT2D eigenvalue weighted by atomic mass is 9.97. The van der Waals surface area contributed by atoms with Crippen molar-refractivity contribution in [2.45, 2.75) is 61.4 Å². The molecule has 9 nitrogen and oxygen atoms in total. The van der Waals surface area contributed by atoms with Gasteiger partial charge < -0.3 is 10.4 Å². The van der Waals surface area contributed by atoms with Crippen molar-refractivity contribution in [2.75, 3.05) is 0 Å². The number of benzene rings is 3. The van der Waals surface area contributed by atoms with Crippen molar-refractivity contribution in [2.24, 2.45) is 5.92 Å². The number of nitrogens with zero attached hydrogens (tertiary/aromatic N) is 3. The maximum absolute atomic E-state index is 14.0. The summed E-state index contributed by atoms with van der Waals surface area (Å²) in [6, 6.07) is 20.1. The van der Waals surface area contributed by atoms with Crippen molar-refractivity contribution < 1.29 is 18.3 Å². The first-order valence-electron chi connectivity index (χ1n) is 14.3. The highest BCUT2D eigenvalue weighted by atomic mass is 32.2. The van der Waals surface area contributed by atoms with Crippen LogP contribution in [0.1, 0.15) is 71.5 Å². The molecule has 1 atom stereocenters. The molecule has 1 saturated carbocycles. The van der Waals surface area contributed by atoms with E-state index in [1.165, 1.54) is 16.7 Å². The number of aromatic hydroxyl groups is 1. The van der Waals surface area contributed by atoms with Gasteiger partial charge in [0.15, 0.2) is 4.90 Å². The van der Waals surface area contributed by atoms with E-state index in [9.17, 15) is 28.4 Å². The highest BCUT2D eigenvalue weighted by Gasteiger charge is 2.39. The van der Waals surface area contributed by atoms with E-state index in [-0.39, 0.29) is 16.7 Å². The van der Waals surface area contributed by atoms with Gasteiger partial charge in [0, 0.05) is 13.0 Å². The van der Waals surface area contributed by atoms with E-state index >= 15 is 0 Å². The minimum atomic E-state index is -4.49. The summed E-state index contributed by atoms with van der Waals surface area (Å²) >= 11 is 0. The number of aromatic nitrogens is 2. The summed E-state index contributed by atoms with van der Waals surface area (Å²) in [5.74, 6) is -0.433. The van der Waals surface area contributed by atoms with E-state index in [0.29, 0.717) is 47.5 Å². The molecule has 0 radical (unpaired) electrons. The molecule has 0 saturated heterocycles. The number of sulfone groups is 1. The van der Waals surface area contributed by atoms with Crippen LogP contribution in [-0.2, 0) is 22.8 Å². The first-order valence-corrected chi connectivity index (χ1v) is 15.8. The van der Waals surface area contributed by atoms with Gasteiger partial charge in [-0.15, -0.1) is 0 Å². The Morgan fingerprint density at radius 2 is 1.84 bits per heavy atom. The molecular weight excluding hydrogens is 564 g/mol. The molecule has 3 aromatic carbocycles. The number of amides is 1. The molecule has 1 fully saturated rings. The number of carbonyl (C=O) groups is 1. The van der Waals surface area contributed by atoms with Gasteiger partial charge in [-0.1, -0.05) is 55.8 Å². The smallest absolute Gasteiger partial charge is 0.296 e. The lowest BCUT2D eigenvalue weighted by Crippen LogP contribution is -2.28. The topological polar surface area (TPSA) is 142 Å². The van der Waals surface area contributed by atoms with Crippen LogP contribution in [0.25, 0.3) is 11.1 Å². The van der Waals surface area contributed by atoms with Crippen LogP contribution in [0.3, 0.4) is 0 Å². The Hall–Kier alpha value is -4.75. The van der Waals surface area contributed by atoms with E-state index < -0.39 is 32.2 Å². The van der Waals surface area contributed by atoms with E-state index in [0.717, 1.165) is 30.4 Å². The standard InChI is InChI=1S/C33H30N4O5S/c1-2-3-10-27-36-32(39)30(33(40)37(27)29(22-11-12-22)23-7-4-6-20(17-23)18-34)43(41,42)25-15-13-21(14-16-25)26-9-5-8-24-19-35-31(38)28(24)26/h4-9,13-17,22,29,40H,2-3,10-12,19H2,1H3,(H,35,38)/t29-/m0/s1. The average molecular weight is 595 g/mol. The quantitative estimate of drug-likeness (QED) is 0.281. The number of hydrogen-bond acceptors (Lipinski definition) is 7. The predicted octanol–water partition coefficient (Wildman–Crippen LogP) is 4.91. The summed E-state index contributed by atoms with van der Waals surface area (Å²) in [5, 5.41) is 24.0. The van der Waals surface area contributed by atoms with Crippen molar-refractivity contribution >= 4 is 15.7 Å². The Kier molecular flexibility index (Phi) is 7.36. The molecule has 43 heavy (non-hydrogen) atoms. The number of rotatable bonds is 9. The van der Waals surface area contributed by atoms with Crippen LogP contribution in [0, 0.1) is 17.2 Å². The lowest BCUT2D eigenvalue weighted by Gasteiger charge is -2.26. The van der Waals surface area contributed by atoms with Crippen LogP contribution < -0.4 is 10.9 Å². The number of carbonyl (C=O) groups excluding carboxylic acids is 1. The maximum Gasteiger partial charge on any atom is 0.296 e. The zero-order chi connectivity index (χ0) is 30.3. The normalized spacial score (nSPS) is 15.0. The second-order valence-corrected chi connectivity index (χ2v) is 12.9. The summed E-state index contributed by atoms with van der Waals surface area (Å²) in [6.45, 7) is 2.43. The summed E-state index contributed by atoms with van der Waals surface area (Å²) in [5.41, 5.74) is 2.92. The van der Waals surface area contributed by atoms with Gasteiger partial charge in [0.25, 0.3) is 11.5 Å². The van der Waals surface area contributed by atoms with Crippen molar-refractivity contribution in [1.82, 2.24) is 14.9 Å². The lowest BCUT2D eigenvalue weighted by molar-refractivity contribution is 0.0966. The summed E-state index contributed by atoms with van der Waals surface area (Å²) in [4.78, 5) is 29.0. The van der Waals surface area contributed by atoms with Crippen LogP contribution in [0.2, 0.25) is 0 Å². The fourth-order valence-electron chi connectivity index (χ4n) is 5.88. The molecule has 2 N–H and O–H groups in total. The second kappa shape index (κ2) is 11.2. The van der Waals surface area contributed by atoms with Crippen molar-refractivity contribution in [3.63, 3.8) is 0 Å². The number of unbranched alkanes of at least 4 members (excludes halogenated alkanes) is 1. The summed E-state index contributed by atoms with van der Waals surface area (Å²) in [7, 11) is -4.49. The van der Waals surface area contributed by atoms with E-state index in [2.05, 4.69) is 16.4 Å². The highest BCUT2D eigenvalue weighted by molar-refractivity contribution is 7.91. The molecule has 0 spiro atoms. The number of aryl methyl sites for hydroxylation is 1. The largest absolute Gasteiger partial charge is 0.493 e. The van der Waals surface area contributed by atoms with Crippen LogP contribution in [0.5, 0.6) is 5.88 Å². The fourth-order valence-corrected chi connectivity index (χ4v) is 7.22. The van der Waals surface area contributed by atoms with E-state index in [1.54, 1.807) is 36.4 Å². The fraction of sp³-hybridized carbons (Fsp3) is 0.273. The first kappa shape index (κ1) is 28.4. The SMILES string of the molecule is CCCCc1nc(=O)c(S(=O)(=O)c2ccc(-c3cccc4c3C(=O)NC4)cc2)c(O)n1[C@H](c1cccc(C#N)c1)C1CC1.